The van der Waals surface area contributed by atoms with Crippen LogP contribution in [0.15, 0.2) is 0 Å². The molecular weight excluding hydrogens is 560 g/mol. The van der Waals surface area contributed by atoms with Gasteiger partial charge in [-0.15, -0.1) is 0 Å². The first-order chi connectivity index (χ1) is 20.7. The molecule has 0 radical (unpaired) electrons. The van der Waals surface area contributed by atoms with Crippen molar-refractivity contribution < 1.29 is 19.2 Å². The predicted molar refractivity (Wildman–Crippen MR) is 177 cm³/mol. The third-order valence-electron chi connectivity index (χ3n) is 7.23. The summed E-state index contributed by atoms with van der Waals surface area (Å²) in [6.07, 6.45) is 0. The fourth-order valence-electron chi connectivity index (χ4n) is 4.52. The first-order valence-corrected chi connectivity index (χ1v) is 16.7. The number of rotatable bonds is 16. The number of hydrogen-bond acceptors (Lipinski definition) is 8. The zero-order valence-corrected chi connectivity index (χ0v) is 29.0. The Balaban J connectivity index is 3.11. The molecule has 0 bridgehead atoms. The molecule has 0 saturated carbocycles. The van der Waals surface area contributed by atoms with Crippen LogP contribution in [0.4, 0.5) is 0 Å². The summed E-state index contributed by atoms with van der Waals surface area (Å²) in [6, 6.07) is 0. The number of carbonyl (C=O) groups is 4. The summed E-state index contributed by atoms with van der Waals surface area (Å²) in [7, 11) is 0. The van der Waals surface area contributed by atoms with E-state index >= 15 is 0 Å². The van der Waals surface area contributed by atoms with E-state index in [4.69, 9.17) is 0 Å². The second-order valence-corrected chi connectivity index (χ2v) is 13.9. The minimum atomic E-state index is -0.0215. The molecule has 0 unspecified atom stereocenters. The standard InChI is InChI=1S/C32H64N8O4/c1-25(2)17-33-29(41)21-37-9-11-38(22-30(42)34-18-26(3)4)13-15-40(24-32(44)36-20-28(7)8)16-14-39(12-10-37)23-31(43)35-19-27(5)6/h25-28H,9-24H2,1-8H3,(H,33,41)(H,34,42)(H,35,43)(H,36,44). The lowest BCUT2D eigenvalue weighted by molar-refractivity contribution is -0.125. The molecule has 0 aliphatic carbocycles. The maximum atomic E-state index is 12.8. The highest BCUT2D eigenvalue weighted by Gasteiger charge is 2.22. The van der Waals surface area contributed by atoms with Gasteiger partial charge in [-0.05, 0) is 23.7 Å². The van der Waals surface area contributed by atoms with Crippen LogP contribution in [0.1, 0.15) is 55.4 Å². The van der Waals surface area contributed by atoms with Gasteiger partial charge in [-0.1, -0.05) is 55.4 Å². The van der Waals surface area contributed by atoms with Crippen LogP contribution in [0.25, 0.3) is 0 Å². The van der Waals surface area contributed by atoms with Gasteiger partial charge in [-0.3, -0.25) is 38.8 Å². The molecule has 1 fully saturated rings. The molecule has 256 valence electrons. The molecule has 1 aliphatic heterocycles. The second-order valence-electron chi connectivity index (χ2n) is 13.9. The van der Waals surface area contributed by atoms with Crippen molar-refractivity contribution >= 4 is 23.6 Å². The van der Waals surface area contributed by atoms with Gasteiger partial charge in [-0.25, -0.2) is 0 Å². The van der Waals surface area contributed by atoms with Crippen LogP contribution in [0.3, 0.4) is 0 Å². The Bertz CT molecular complexity index is 700. The fourth-order valence-corrected chi connectivity index (χ4v) is 4.52. The number of nitrogens with one attached hydrogen (secondary N) is 4. The maximum absolute atomic E-state index is 12.8. The van der Waals surface area contributed by atoms with Gasteiger partial charge in [0.25, 0.3) is 0 Å². The average Bonchev–Trinajstić information content (AvgIpc) is 2.93. The Morgan fingerprint density at radius 1 is 0.386 bits per heavy atom. The highest BCUT2D eigenvalue weighted by Crippen LogP contribution is 2.03. The van der Waals surface area contributed by atoms with Crippen LogP contribution >= 0.6 is 0 Å². The first-order valence-electron chi connectivity index (χ1n) is 16.7. The molecular formula is C32H64N8O4. The quantitative estimate of drug-likeness (QED) is 0.193. The van der Waals surface area contributed by atoms with Gasteiger partial charge in [0.15, 0.2) is 0 Å². The van der Waals surface area contributed by atoms with Crippen LogP contribution in [-0.2, 0) is 19.2 Å². The predicted octanol–water partition coefficient (Wildman–Crippen LogP) is 0.297. The van der Waals surface area contributed by atoms with E-state index in [1.54, 1.807) is 0 Å². The monoisotopic (exact) mass is 625 g/mol. The summed E-state index contributed by atoms with van der Waals surface area (Å²) in [6.45, 7) is 24.9. The summed E-state index contributed by atoms with van der Waals surface area (Å²) in [5.74, 6) is 1.36. The molecule has 0 aromatic carbocycles. The molecule has 0 aromatic rings. The first kappa shape index (κ1) is 39.7. The van der Waals surface area contributed by atoms with Crippen molar-refractivity contribution in [1.82, 2.24) is 40.9 Å². The third-order valence-corrected chi connectivity index (χ3v) is 7.23. The highest BCUT2D eigenvalue weighted by molar-refractivity contribution is 5.79. The molecule has 44 heavy (non-hydrogen) atoms. The Morgan fingerprint density at radius 3 is 0.682 bits per heavy atom. The summed E-state index contributed by atoms with van der Waals surface area (Å²) >= 11 is 0. The fraction of sp³-hybridized carbons (Fsp3) is 0.875. The van der Waals surface area contributed by atoms with Crippen LogP contribution < -0.4 is 21.3 Å². The number of carbonyl (C=O) groups excluding carboxylic acids is 4. The van der Waals surface area contributed by atoms with E-state index in [1.165, 1.54) is 0 Å². The number of amides is 4. The molecule has 1 saturated heterocycles. The Hall–Kier alpha value is -2.28. The normalized spacial score (nSPS) is 17.0. The molecule has 12 heteroatoms. The third kappa shape index (κ3) is 20.6. The van der Waals surface area contributed by atoms with Gasteiger partial charge in [0, 0.05) is 78.5 Å². The Morgan fingerprint density at radius 2 is 0.545 bits per heavy atom. The lowest BCUT2D eigenvalue weighted by atomic mass is 10.2. The van der Waals surface area contributed by atoms with Crippen molar-refractivity contribution in [3.05, 3.63) is 0 Å². The van der Waals surface area contributed by atoms with E-state index in [1.807, 2.05) is 0 Å². The summed E-state index contributed by atoms with van der Waals surface area (Å²) < 4.78 is 0. The maximum Gasteiger partial charge on any atom is 0.234 e. The molecule has 1 rings (SSSR count). The lowest BCUT2D eigenvalue weighted by Gasteiger charge is -2.33. The minimum absolute atomic E-state index is 0.0215. The summed E-state index contributed by atoms with van der Waals surface area (Å²) in [5, 5.41) is 12.1. The van der Waals surface area contributed by atoms with Crippen molar-refractivity contribution in [2.75, 3.05) is 105 Å². The van der Waals surface area contributed by atoms with Crippen molar-refractivity contribution in [1.29, 1.82) is 0 Å². The number of nitrogens with zero attached hydrogens (tertiary/aromatic N) is 4. The average molecular weight is 625 g/mol. The molecule has 12 nitrogen and oxygen atoms in total. The van der Waals surface area contributed by atoms with E-state index < -0.39 is 0 Å². The SMILES string of the molecule is CC(C)CNC(=O)CN1CCN(CC(=O)NCC(C)C)CCN(CC(=O)NCC(C)C)CCN(CC(=O)NCC(C)C)CC1. The van der Waals surface area contributed by atoms with E-state index in [-0.39, 0.29) is 49.8 Å². The topological polar surface area (TPSA) is 129 Å². The van der Waals surface area contributed by atoms with Crippen molar-refractivity contribution in [3.8, 4) is 0 Å². The molecule has 1 aliphatic rings. The zero-order chi connectivity index (χ0) is 33.1. The highest BCUT2D eigenvalue weighted by atomic mass is 16.2. The Kier molecular flexibility index (Phi) is 20.1. The minimum Gasteiger partial charge on any atom is -0.355 e. The molecule has 1 heterocycles. The smallest absolute Gasteiger partial charge is 0.234 e. The van der Waals surface area contributed by atoms with Gasteiger partial charge in [0.1, 0.15) is 0 Å². The lowest BCUT2D eigenvalue weighted by Crippen LogP contribution is -2.51. The summed E-state index contributed by atoms with van der Waals surface area (Å²) in [5.41, 5.74) is 0. The molecule has 4 N–H and O–H groups in total. The summed E-state index contributed by atoms with van der Waals surface area (Å²) in [4.78, 5) is 59.7. The van der Waals surface area contributed by atoms with Gasteiger partial charge < -0.3 is 21.3 Å². The van der Waals surface area contributed by atoms with Crippen LogP contribution in [-0.4, -0.2) is 148 Å². The number of hydrogen-bond donors (Lipinski definition) is 4. The van der Waals surface area contributed by atoms with E-state index in [2.05, 4.69) is 96.3 Å². The molecule has 0 spiro atoms. The van der Waals surface area contributed by atoms with Crippen LogP contribution in [0.2, 0.25) is 0 Å². The van der Waals surface area contributed by atoms with Gasteiger partial charge in [0.2, 0.25) is 23.6 Å². The van der Waals surface area contributed by atoms with Gasteiger partial charge in [0.05, 0.1) is 26.2 Å². The van der Waals surface area contributed by atoms with Crippen molar-refractivity contribution in [3.63, 3.8) is 0 Å². The zero-order valence-electron chi connectivity index (χ0n) is 29.0. The van der Waals surface area contributed by atoms with E-state index in [0.717, 1.165) is 0 Å². The second kappa shape index (κ2) is 22.3. The molecule has 4 amide bonds. The van der Waals surface area contributed by atoms with E-state index in [0.29, 0.717) is 102 Å². The van der Waals surface area contributed by atoms with Gasteiger partial charge >= 0.3 is 0 Å². The van der Waals surface area contributed by atoms with Crippen LogP contribution in [0.5, 0.6) is 0 Å². The van der Waals surface area contributed by atoms with Gasteiger partial charge in [-0.2, -0.15) is 0 Å². The molecule has 0 atom stereocenters. The van der Waals surface area contributed by atoms with Crippen LogP contribution in [0, 0.1) is 23.7 Å². The largest absolute Gasteiger partial charge is 0.355 e. The van der Waals surface area contributed by atoms with Crippen molar-refractivity contribution in [2.45, 2.75) is 55.4 Å². The molecule has 0 aromatic heterocycles. The Labute approximate surface area is 267 Å². The van der Waals surface area contributed by atoms with E-state index in [9.17, 15) is 19.2 Å². The van der Waals surface area contributed by atoms with Crippen molar-refractivity contribution in [2.24, 2.45) is 23.7 Å².